The number of benzene rings is 2. The first-order valence-corrected chi connectivity index (χ1v) is 10.7. The standard InChI is InChI=1S/C24H28O6/c25-21-11-10-19(30-24-9-2-4-13-28-24)16-20(21)22(26)15-17-6-5-7-18(14-17)29-23-8-1-3-12-27-23/h5-7,10-11,14,16,23-25H,1-4,8-9,12-13,15H2/t23-,24+/m1/s1. The van der Waals surface area contributed by atoms with Crippen LogP contribution >= 0.6 is 0 Å². The number of hydrogen-bond donors (Lipinski definition) is 1. The van der Waals surface area contributed by atoms with Crippen LogP contribution in [-0.4, -0.2) is 36.7 Å². The molecule has 0 saturated carbocycles. The number of Topliss-reactive ketones (excluding diaryl/α,β-unsaturated/α-hetero) is 1. The molecule has 0 radical (unpaired) electrons. The minimum Gasteiger partial charge on any atom is -0.507 e. The lowest BCUT2D eigenvalue weighted by atomic mass is 10.0. The van der Waals surface area contributed by atoms with Gasteiger partial charge in [-0.25, -0.2) is 0 Å². The van der Waals surface area contributed by atoms with Crippen LogP contribution in [0.25, 0.3) is 0 Å². The van der Waals surface area contributed by atoms with Gasteiger partial charge in [-0.15, -0.1) is 0 Å². The van der Waals surface area contributed by atoms with Gasteiger partial charge >= 0.3 is 0 Å². The Morgan fingerprint density at radius 3 is 2.20 bits per heavy atom. The molecule has 0 spiro atoms. The molecule has 2 aromatic carbocycles. The molecule has 30 heavy (non-hydrogen) atoms. The Morgan fingerprint density at radius 1 is 0.900 bits per heavy atom. The summed E-state index contributed by atoms with van der Waals surface area (Å²) in [5, 5.41) is 10.2. The second-order valence-corrected chi connectivity index (χ2v) is 7.75. The van der Waals surface area contributed by atoms with Crippen LogP contribution in [0.5, 0.6) is 17.2 Å². The summed E-state index contributed by atoms with van der Waals surface area (Å²) in [5.74, 6) is 0.964. The predicted molar refractivity (Wildman–Crippen MR) is 111 cm³/mol. The van der Waals surface area contributed by atoms with Gasteiger partial charge in [0.1, 0.15) is 17.2 Å². The number of rotatable bonds is 7. The molecule has 4 rings (SSSR count). The fourth-order valence-corrected chi connectivity index (χ4v) is 3.73. The molecule has 2 aliphatic rings. The summed E-state index contributed by atoms with van der Waals surface area (Å²) in [6.45, 7) is 1.39. The summed E-state index contributed by atoms with van der Waals surface area (Å²) in [5.41, 5.74) is 1.06. The molecule has 2 fully saturated rings. The van der Waals surface area contributed by atoms with Crippen LogP contribution in [0.3, 0.4) is 0 Å². The number of aromatic hydroxyl groups is 1. The molecule has 2 saturated heterocycles. The maximum Gasteiger partial charge on any atom is 0.199 e. The Labute approximate surface area is 176 Å². The molecular weight excluding hydrogens is 384 g/mol. The van der Waals surface area contributed by atoms with Gasteiger partial charge < -0.3 is 24.1 Å². The fourth-order valence-electron chi connectivity index (χ4n) is 3.73. The fraction of sp³-hybridized carbons (Fsp3) is 0.458. The number of ether oxygens (including phenoxy) is 4. The molecule has 160 valence electrons. The van der Waals surface area contributed by atoms with Gasteiger partial charge in [-0.3, -0.25) is 4.79 Å². The Bertz CT molecular complexity index is 853. The second kappa shape index (κ2) is 9.96. The number of phenols is 1. The lowest BCUT2D eigenvalue weighted by Crippen LogP contribution is -2.25. The normalized spacial score (nSPS) is 21.7. The third kappa shape index (κ3) is 5.52. The van der Waals surface area contributed by atoms with Gasteiger partial charge in [0, 0.05) is 19.3 Å². The SMILES string of the molecule is O=C(Cc1cccc(O[C@@H]2CCCCO2)c1)c1cc(O[C@H]2CCCCO2)ccc1O. The van der Waals surface area contributed by atoms with E-state index >= 15 is 0 Å². The zero-order chi connectivity index (χ0) is 20.8. The summed E-state index contributed by atoms with van der Waals surface area (Å²) < 4.78 is 22.9. The Balaban J connectivity index is 1.41. The van der Waals surface area contributed by atoms with Crippen molar-refractivity contribution in [2.75, 3.05) is 13.2 Å². The molecule has 2 aliphatic heterocycles. The summed E-state index contributed by atoms with van der Waals surface area (Å²) >= 11 is 0. The van der Waals surface area contributed by atoms with Crippen molar-refractivity contribution in [3.05, 3.63) is 53.6 Å². The van der Waals surface area contributed by atoms with Crippen LogP contribution in [0.15, 0.2) is 42.5 Å². The molecule has 0 bridgehead atoms. The van der Waals surface area contributed by atoms with Crippen LogP contribution in [-0.2, 0) is 15.9 Å². The minimum absolute atomic E-state index is 0.0556. The molecule has 0 aliphatic carbocycles. The Hall–Kier alpha value is -2.57. The highest BCUT2D eigenvalue weighted by Gasteiger charge is 2.19. The lowest BCUT2D eigenvalue weighted by molar-refractivity contribution is -0.106. The van der Waals surface area contributed by atoms with Gasteiger partial charge in [-0.2, -0.15) is 0 Å². The summed E-state index contributed by atoms with van der Waals surface area (Å²) in [6.07, 6.45) is 5.55. The van der Waals surface area contributed by atoms with Crippen molar-refractivity contribution >= 4 is 5.78 Å². The van der Waals surface area contributed by atoms with E-state index in [4.69, 9.17) is 18.9 Å². The average Bonchev–Trinajstić information content (AvgIpc) is 2.77. The maximum absolute atomic E-state index is 12.9. The molecule has 6 heteroatoms. The van der Waals surface area contributed by atoms with Gasteiger partial charge in [0.15, 0.2) is 18.4 Å². The van der Waals surface area contributed by atoms with Crippen LogP contribution < -0.4 is 9.47 Å². The summed E-state index contributed by atoms with van der Waals surface area (Å²) in [6, 6.07) is 12.2. The lowest BCUT2D eigenvalue weighted by Gasteiger charge is -2.24. The molecule has 2 atom stereocenters. The molecule has 0 unspecified atom stereocenters. The van der Waals surface area contributed by atoms with Gasteiger partial charge in [-0.05, 0) is 61.6 Å². The van der Waals surface area contributed by atoms with E-state index in [1.54, 1.807) is 12.1 Å². The van der Waals surface area contributed by atoms with Crippen molar-refractivity contribution in [1.29, 1.82) is 0 Å². The van der Waals surface area contributed by atoms with E-state index in [0.717, 1.165) is 44.1 Å². The third-order valence-electron chi connectivity index (χ3n) is 5.34. The van der Waals surface area contributed by atoms with E-state index in [1.165, 1.54) is 6.07 Å². The first kappa shape index (κ1) is 20.7. The highest BCUT2D eigenvalue weighted by Crippen LogP contribution is 2.27. The van der Waals surface area contributed by atoms with Crippen molar-refractivity contribution in [1.82, 2.24) is 0 Å². The number of carbonyl (C=O) groups excluding carboxylic acids is 1. The van der Waals surface area contributed by atoms with Crippen molar-refractivity contribution in [3.63, 3.8) is 0 Å². The number of phenolic OH excluding ortho intramolecular Hbond substituents is 1. The highest BCUT2D eigenvalue weighted by atomic mass is 16.7. The zero-order valence-corrected chi connectivity index (χ0v) is 17.0. The third-order valence-corrected chi connectivity index (χ3v) is 5.34. The van der Waals surface area contributed by atoms with Crippen molar-refractivity contribution in [3.8, 4) is 17.2 Å². The molecule has 0 aromatic heterocycles. The molecule has 6 nitrogen and oxygen atoms in total. The van der Waals surface area contributed by atoms with Gasteiger partial charge in [0.25, 0.3) is 0 Å². The minimum atomic E-state index is -0.304. The van der Waals surface area contributed by atoms with Crippen molar-refractivity contribution < 1.29 is 28.8 Å². The molecule has 1 N–H and O–H groups in total. The molecule has 2 aromatic rings. The first-order valence-electron chi connectivity index (χ1n) is 10.7. The molecule has 0 amide bonds. The number of carbonyl (C=O) groups is 1. The van der Waals surface area contributed by atoms with Crippen molar-refractivity contribution in [2.24, 2.45) is 0 Å². The molecular formula is C24H28O6. The van der Waals surface area contributed by atoms with Gasteiger partial charge in [0.05, 0.1) is 18.8 Å². The van der Waals surface area contributed by atoms with Crippen LogP contribution in [0.1, 0.15) is 54.4 Å². The monoisotopic (exact) mass is 412 g/mol. The van der Waals surface area contributed by atoms with E-state index in [0.29, 0.717) is 24.7 Å². The average molecular weight is 412 g/mol. The quantitative estimate of drug-likeness (QED) is 0.669. The predicted octanol–water partition coefficient (Wildman–Crippen LogP) is 4.63. The van der Waals surface area contributed by atoms with E-state index in [1.807, 2.05) is 24.3 Å². The summed E-state index contributed by atoms with van der Waals surface area (Å²) in [7, 11) is 0. The van der Waals surface area contributed by atoms with Crippen molar-refractivity contribution in [2.45, 2.75) is 57.5 Å². The maximum atomic E-state index is 12.9. The number of ketones is 1. The Kier molecular flexibility index (Phi) is 6.87. The Morgan fingerprint density at radius 2 is 1.57 bits per heavy atom. The summed E-state index contributed by atoms with van der Waals surface area (Å²) in [4.78, 5) is 12.9. The van der Waals surface area contributed by atoms with Gasteiger partial charge in [0.2, 0.25) is 0 Å². The first-order chi connectivity index (χ1) is 14.7. The van der Waals surface area contributed by atoms with Gasteiger partial charge in [-0.1, -0.05) is 12.1 Å². The van der Waals surface area contributed by atoms with E-state index < -0.39 is 0 Å². The van der Waals surface area contributed by atoms with Crippen LogP contribution in [0.4, 0.5) is 0 Å². The highest BCUT2D eigenvalue weighted by molar-refractivity contribution is 6.00. The molecule has 2 heterocycles. The van der Waals surface area contributed by atoms with E-state index in [-0.39, 0.29) is 36.1 Å². The largest absolute Gasteiger partial charge is 0.507 e. The smallest absolute Gasteiger partial charge is 0.199 e. The second-order valence-electron chi connectivity index (χ2n) is 7.75. The topological polar surface area (TPSA) is 74.2 Å². The van der Waals surface area contributed by atoms with Crippen LogP contribution in [0.2, 0.25) is 0 Å². The van der Waals surface area contributed by atoms with E-state index in [9.17, 15) is 9.90 Å². The number of hydrogen-bond acceptors (Lipinski definition) is 6. The van der Waals surface area contributed by atoms with E-state index in [2.05, 4.69) is 0 Å². The van der Waals surface area contributed by atoms with Crippen LogP contribution in [0, 0.1) is 0 Å². The zero-order valence-electron chi connectivity index (χ0n) is 17.0.